The van der Waals surface area contributed by atoms with Gasteiger partial charge in [-0.3, -0.25) is 10.2 Å². The number of nitriles is 1. The molecule has 0 amide bonds. The second-order valence-electron chi connectivity index (χ2n) is 5.39. The predicted octanol–water partition coefficient (Wildman–Crippen LogP) is 2.69. The molecule has 110 valence electrons. The van der Waals surface area contributed by atoms with Crippen molar-refractivity contribution in [3.63, 3.8) is 0 Å². The largest absolute Gasteiger partial charge is 0.401 e. The molecule has 0 aliphatic heterocycles. The molecule has 0 spiro atoms. The van der Waals surface area contributed by atoms with Crippen LogP contribution in [0.4, 0.5) is 13.2 Å². The van der Waals surface area contributed by atoms with E-state index >= 15 is 0 Å². The Hall–Kier alpha value is -0.800. The van der Waals surface area contributed by atoms with E-state index in [1.54, 1.807) is 6.92 Å². The Morgan fingerprint density at radius 2 is 2.00 bits per heavy atom. The molecule has 0 bridgehead atoms. The van der Waals surface area contributed by atoms with Gasteiger partial charge in [-0.1, -0.05) is 6.92 Å². The number of halogens is 3. The van der Waals surface area contributed by atoms with E-state index in [9.17, 15) is 13.2 Å². The normalized spacial score (nSPS) is 19.2. The molecule has 1 N–H and O–H groups in total. The highest BCUT2D eigenvalue weighted by molar-refractivity contribution is 5.03. The third-order valence-electron chi connectivity index (χ3n) is 3.38. The molecule has 1 aliphatic rings. The maximum absolute atomic E-state index is 12.4. The summed E-state index contributed by atoms with van der Waals surface area (Å²) in [5.41, 5.74) is -0.637. The first-order chi connectivity index (χ1) is 8.79. The molecule has 1 fully saturated rings. The van der Waals surface area contributed by atoms with Crippen molar-refractivity contribution in [2.75, 3.05) is 19.6 Å². The number of nitrogens with one attached hydrogen (secondary N) is 1. The van der Waals surface area contributed by atoms with Crippen LogP contribution in [-0.4, -0.2) is 42.3 Å². The van der Waals surface area contributed by atoms with E-state index < -0.39 is 18.3 Å². The van der Waals surface area contributed by atoms with E-state index in [0.717, 1.165) is 12.8 Å². The van der Waals surface area contributed by atoms with Gasteiger partial charge in [-0.15, -0.1) is 0 Å². The first kappa shape index (κ1) is 16.3. The lowest BCUT2D eigenvalue weighted by atomic mass is 9.97. The third-order valence-corrected chi connectivity index (χ3v) is 3.38. The smallest absolute Gasteiger partial charge is 0.300 e. The lowest BCUT2D eigenvalue weighted by molar-refractivity contribution is -0.147. The van der Waals surface area contributed by atoms with Crippen molar-refractivity contribution in [1.82, 2.24) is 10.2 Å². The van der Waals surface area contributed by atoms with Crippen molar-refractivity contribution < 1.29 is 13.2 Å². The lowest BCUT2D eigenvalue weighted by Gasteiger charge is -2.26. The van der Waals surface area contributed by atoms with Gasteiger partial charge >= 0.3 is 6.18 Å². The molecule has 19 heavy (non-hydrogen) atoms. The van der Waals surface area contributed by atoms with E-state index in [2.05, 4.69) is 11.4 Å². The highest BCUT2D eigenvalue weighted by atomic mass is 19.4. The minimum atomic E-state index is -4.14. The van der Waals surface area contributed by atoms with Gasteiger partial charge in [-0.2, -0.15) is 18.4 Å². The first-order valence-electron chi connectivity index (χ1n) is 6.77. The van der Waals surface area contributed by atoms with Crippen LogP contribution in [0, 0.1) is 11.3 Å². The van der Waals surface area contributed by atoms with E-state index in [0.29, 0.717) is 25.9 Å². The molecular formula is C13H22F3N3. The summed E-state index contributed by atoms with van der Waals surface area (Å²) in [5, 5.41) is 12.2. The van der Waals surface area contributed by atoms with Crippen LogP contribution in [0.2, 0.25) is 0 Å². The fourth-order valence-electron chi connectivity index (χ4n) is 2.27. The van der Waals surface area contributed by atoms with Crippen LogP contribution in [0.25, 0.3) is 0 Å². The Kier molecular flexibility index (Phi) is 5.63. The molecule has 1 rings (SSSR count). The summed E-state index contributed by atoms with van der Waals surface area (Å²) in [6, 6.07) is 2.29. The standard InChI is InChI=1S/C13H22F3N3/c1-3-18-12(2,9-17)7-4-8-19(11-5-6-11)10-13(14,15)16/h11,18H,3-8,10H2,1-2H3. The molecule has 0 aromatic rings. The second kappa shape index (κ2) is 6.58. The summed E-state index contributed by atoms with van der Waals surface area (Å²) in [6.45, 7) is 3.96. The maximum atomic E-state index is 12.4. The van der Waals surface area contributed by atoms with Crippen LogP contribution in [0.15, 0.2) is 0 Å². The van der Waals surface area contributed by atoms with E-state index in [4.69, 9.17) is 5.26 Å². The Labute approximate surface area is 112 Å². The summed E-state index contributed by atoms with van der Waals surface area (Å²) >= 11 is 0. The van der Waals surface area contributed by atoms with Crippen LogP contribution in [-0.2, 0) is 0 Å². The number of nitrogens with zero attached hydrogens (tertiary/aromatic N) is 2. The zero-order chi connectivity index (χ0) is 14.5. The monoisotopic (exact) mass is 277 g/mol. The summed E-state index contributed by atoms with van der Waals surface area (Å²) in [7, 11) is 0. The molecule has 3 nitrogen and oxygen atoms in total. The maximum Gasteiger partial charge on any atom is 0.401 e. The Morgan fingerprint density at radius 3 is 2.42 bits per heavy atom. The summed E-state index contributed by atoms with van der Waals surface area (Å²) in [4.78, 5) is 1.50. The highest BCUT2D eigenvalue weighted by Crippen LogP contribution is 2.30. The SMILES string of the molecule is CCNC(C)(C#N)CCCN(CC(F)(F)F)C1CC1. The first-order valence-corrected chi connectivity index (χ1v) is 6.77. The fraction of sp³-hybridized carbons (Fsp3) is 0.923. The average molecular weight is 277 g/mol. The van der Waals surface area contributed by atoms with E-state index in [1.165, 1.54) is 4.90 Å². The average Bonchev–Trinajstić information content (AvgIpc) is 3.10. The molecule has 0 saturated heterocycles. The Morgan fingerprint density at radius 1 is 1.37 bits per heavy atom. The van der Waals surface area contributed by atoms with Crippen LogP contribution in [0.5, 0.6) is 0 Å². The Balaban J connectivity index is 2.38. The second-order valence-corrected chi connectivity index (χ2v) is 5.39. The van der Waals surface area contributed by atoms with Gasteiger partial charge < -0.3 is 0 Å². The predicted molar refractivity (Wildman–Crippen MR) is 67.6 cm³/mol. The van der Waals surface area contributed by atoms with Crippen LogP contribution < -0.4 is 5.32 Å². The van der Waals surface area contributed by atoms with Crippen molar-refractivity contribution in [3.05, 3.63) is 0 Å². The van der Waals surface area contributed by atoms with E-state index in [-0.39, 0.29) is 6.04 Å². The summed E-state index contributed by atoms with van der Waals surface area (Å²) in [5.74, 6) is 0. The van der Waals surface area contributed by atoms with E-state index in [1.807, 2.05) is 6.92 Å². The summed E-state index contributed by atoms with van der Waals surface area (Å²) < 4.78 is 37.3. The zero-order valence-corrected chi connectivity index (χ0v) is 11.6. The van der Waals surface area contributed by atoms with Crippen molar-refractivity contribution >= 4 is 0 Å². The lowest BCUT2D eigenvalue weighted by Crippen LogP contribution is -2.42. The third kappa shape index (κ3) is 6.26. The van der Waals surface area contributed by atoms with Gasteiger partial charge in [0.2, 0.25) is 0 Å². The molecule has 0 radical (unpaired) electrons. The molecule has 0 heterocycles. The summed E-state index contributed by atoms with van der Waals surface area (Å²) in [6.07, 6.45) is -1.25. The van der Waals surface area contributed by atoms with Gasteiger partial charge in [0.25, 0.3) is 0 Å². The fourth-order valence-corrected chi connectivity index (χ4v) is 2.27. The molecule has 1 unspecified atom stereocenters. The van der Waals surface area contributed by atoms with Crippen molar-refractivity contribution in [2.45, 2.75) is 57.3 Å². The van der Waals surface area contributed by atoms with Gasteiger partial charge in [0, 0.05) is 6.04 Å². The van der Waals surface area contributed by atoms with Gasteiger partial charge in [-0.05, 0) is 45.7 Å². The zero-order valence-electron chi connectivity index (χ0n) is 11.6. The van der Waals surface area contributed by atoms with Gasteiger partial charge in [0.15, 0.2) is 0 Å². The molecule has 0 aromatic carbocycles. The minimum Gasteiger partial charge on any atom is -0.300 e. The molecule has 6 heteroatoms. The number of rotatable bonds is 8. The quantitative estimate of drug-likeness (QED) is 0.741. The van der Waals surface area contributed by atoms with Gasteiger partial charge in [0.1, 0.15) is 5.54 Å². The number of alkyl halides is 3. The highest BCUT2D eigenvalue weighted by Gasteiger charge is 2.37. The number of hydrogen-bond donors (Lipinski definition) is 1. The molecule has 0 aromatic heterocycles. The van der Waals surface area contributed by atoms with Gasteiger partial charge in [0.05, 0.1) is 12.6 Å². The molecule has 1 saturated carbocycles. The van der Waals surface area contributed by atoms with Crippen LogP contribution >= 0.6 is 0 Å². The van der Waals surface area contributed by atoms with Gasteiger partial charge in [-0.25, -0.2) is 0 Å². The van der Waals surface area contributed by atoms with Crippen molar-refractivity contribution in [3.8, 4) is 6.07 Å². The van der Waals surface area contributed by atoms with Crippen LogP contribution in [0.3, 0.4) is 0 Å². The molecule has 1 atom stereocenters. The Bertz CT molecular complexity index is 320. The van der Waals surface area contributed by atoms with Crippen molar-refractivity contribution in [2.24, 2.45) is 0 Å². The number of hydrogen-bond acceptors (Lipinski definition) is 3. The molecular weight excluding hydrogens is 255 g/mol. The van der Waals surface area contributed by atoms with Crippen molar-refractivity contribution in [1.29, 1.82) is 5.26 Å². The minimum absolute atomic E-state index is 0.0918. The van der Waals surface area contributed by atoms with Crippen LogP contribution in [0.1, 0.15) is 39.5 Å². The topological polar surface area (TPSA) is 39.1 Å². The molecule has 1 aliphatic carbocycles.